The number of sulfonamides is 2. The first-order valence-electron chi connectivity index (χ1n) is 5.10. The molecule has 6 nitrogen and oxygen atoms in total. The summed E-state index contributed by atoms with van der Waals surface area (Å²) >= 11 is 0. The summed E-state index contributed by atoms with van der Waals surface area (Å²) in [4.78, 5) is 0. The van der Waals surface area contributed by atoms with Crippen LogP contribution in [0.4, 0.5) is 26.3 Å². The lowest BCUT2D eigenvalue weighted by Crippen LogP contribution is -2.45. The Balaban J connectivity index is 0. The maximum Gasteiger partial charge on any atom is 0.512 e. The molecule has 0 aliphatic rings. The Morgan fingerprint density at radius 2 is 1.19 bits per heavy atom. The summed E-state index contributed by atoms with van der Waals surface area (Å²) in [5.41, 5.74) is -12.3. The van der Waals surface area contributed by atoms with Crippen LogP contribution in [0.3, 0.4) is 0 Å². The van der Waals surface area contributed by atoms with E-state index in [1.165, 1.54) is 6.42 Å². The number of halogens is 6. The fourth-order valence-electron chi connectivity index (χ4n) is 0.443. The molecule has 0 bridgehead atoms. The topological polar surface area (TPSA) is 92.3 Å². The average molecular weight is 368 g/mol. The van der Waals surface area contributed by atoms with E-state index in [0.29, 0.717) is 6.04 Å². The Hall–Kier alpha value is -0.600. The van der Waals surface area contributed by atoms with Gasteiger partial charge in [0.15, 0.2) is 0 Å². The Labute approximate surface area is 118 Å². The Morgan fingerprint density at radius 3 is 1.29 bits per heavy atom. The van der Waals surface area contributed by atoms with Crippen LogP contribution >= 0.6 is 0 Å². The molecule has 0 saturated carbocycles. The zero-order valence-corrected chi connectivity index (χ0v) is 12.6. The number of alkyl halides is 6. The highest BCUT2D eigenvalue weighted by atomic mass is 32.3. The lowest BCUT2D eigenvalue weighted by Gasteiger charge is -2.11. The zero-order valence-electron chi connectivity index (χ0n) is 11.0. The van der Waals surface area contributed by atoms with Crippen LogP contribution in [0.15, 0.2) is 0 Å². The molecule has 0 amide bonds. The number of hydrogen-bond donors (Lipinski definition) is 2. The van der Waals surface area contributed by atoms with E-state index in [4.69, 9.17) is 0 Å². The highest BCUT2D eigenvalue weighted by Gasteiger charge is 2.55. The first-order chi connectivity index (χ1) is 9.02. The van der Waals surface area contributed by atoms with E-state index in [9.17, 15) is 43.2 Å². The van der Waals surface area contributed by atoms with Crippen LogP contribution in [-0.2, 0) is 20.0 Å². The van der Waals surface area contributed by atoms with E-state index in [1.807, 2.05) is 7.05 Å². The van der Waals surface area contributed by atoms with Gasteiger partial charge >= 0.3 is 31.1 Å². The second-order valence-corrected chi connectivity index (χ2v) is 7.19. The Bertz CT molecular complexity index is 464. The number of nitrogens with one attached hydrogen (secondary N) is 2. The van der Waals surface area contributed by atoms with Crippen molar-refractivity contribution >= 4 is 20.0 Å². The molecule has 1 atom stereocenters. The minimum atomic E-state index is -6.60. The van der Waals surface area contributed by atoms with Gasteiger partial charge in [-0.1, -0.05) is 11.1 Å². The van der Waals surface area contributed by atoms with Gasteiger partial charge in [0.05, 0.1) is 0 Å². The summed E-state index contributed by atoms with van der Waals surface area (Å²) in [5, 5.41) is 3.11. The third kappa shape index (κ3) is 7.82. The lowest BCUT2D eigenvalue weighted by molar-refractivity contribution is -0.0476. The van der Waals surface area contributed by atoms with Gasteiger partial charge < -0.3 is 5.32 Å². The van der Waals surface area contributed by atoms with E-state index in [2.05, 4.69) is 19.2 Å². The van der Waals surface area contributed by atoms with Crippen molar-refractivity contribution in [3.05, 3.63) is 0 Å². The summed E-state index contributed by atoms with van der Waals surface area (Å²) in [6, 6.07) is 0.685. The fourth-order valence-corrected chi connectivity index (χ4v) is 2.35. The van der Waals surface area contributed by atoms with Gasteiger partial charge in [0.25, 0.3) is 0 Å². The molecular formula is C7H14F6N2O4S2. The van der Waals surface area contributed by atoms with Gasteiger partial charge in [0.2, 0.25) is 0 Å². The van der Waals surface area contributed by atoms with Crippen molar-refractivity contribution in [3.63, 3.8) is 0 Å². The molecule has 0 rings (SSSR count). The molecule has 0 aliphatic carbocycles. The fraction of sp³-hybridized carbons (Fsp3) is 1.00. The molecule has 14 heteroatoms. The first-order valence-corrected chi connectivity index (χ1v) is 8.06. The third-order valence-corrected chi connectivity index (χ3v) is 4.91. The Kier molecular flexibility index (Phi) is 8.21. The largest absolute Gasteiger partial charge is 0.512 e. The van der Waals surface area contributed by atoms with Crippen LogP contribution < -0.4 is 9.44 Å². The van der Waals surface area contributed by atoms with Crippen molar-refractivity contribution in [3.8, 4) is 0 Å². The highest BCUT2D eigenvalue weighted by molar-refractivity contribution is 8.05. The third-order valence-electron chi connectivity index (χ3n) is 1.93. The predicted molar refractivity (Wildman–Crippen MR) is 61.9 cm³/mol. The van der Waals surface area contributed by atoms with Crippen molar-refractivity contribution in [1.29, 1.82) is 0 Å². The van der Waals surface area contributed by atoms with Gasteiger partial charge in [-0.05, 0) is 20.4 Å². The van der Waals surface area contributed by atoms with Gasteiger partial charge in [0.1, 0.15) is 0 Å². The summed E-state index contributed by atoms with van der Waals surface area (Å²) < 4.78 is 108. The van der Waals surface area contributed by atoms with E-state index in [-0.39, 0.29) is 0 Å². The molecule has 2 N–H and O–H groups in total. The first kappa shape index (κ1) is 22.7. The summed E-state index contributed by atoms with van der Waals surface area (Å²) in [6.45, 7) is 4.33. The van der Waals surface area contributed by atoms with Gasteiger partial charge in [-0.2, -0.15) is 26.3 Å². The van der Waals surface area contributed by atoms with Crippen LogP contribution in [0.5, 0.6) is 0 Å². The van der Waals surface area contributed by atoms with Gasteiger partial charge in [-0.25, -0.2) is 16.8 Å². The molecule has 1 unspecified atom stereocenters. The zero-order chi connectivity index (χ0) is 17.7. The van der Waals surface area contributed by atoms with E-state index in [1.54, 1.807) is 0 Å². The second-order valence-electron chi connectivity index (χ2n) is 3.58. The van der Waals surface area contributed by atoms with Crippen LogP contribution in [-0.4, -0.2) is 40.9 Å². The van der Waals surface area contributed by atoms with Crippen LogP contribution in [0.1, 0.15) is 20.3 Å². The average Bonchev–Trinajstić information content (AvgIpc) is 2.24. The number of hydrogen-bond acceptors (Lipinski definition) is 5. The second kappa shape index (κ2) is 7.60. The molecule has 21 heavy (non-hydrogen) atoms. The minimum absolute atomic E-state index is 0.493. The minimum Gasteiger partial charge on any atom is -0.317 e. The molecule has 0 heterocycles. The molecule has 0 aromatic heterocycles. The molecule has 130 valence electrons. The highest BCUT2D eigenvalue weighted by Crippen LogP contribution is 2.27. The van der Waals surface area contributed by atoms with E-state index >= 15 is 0 Å². The molecular weight excluding hydrogens is 354 g/mol. The summed E-state index contributed by atoms with van der Waals surface area (Å²) in [6.07, 6.45) is 1.22. The van der Waals surface area contributed by atoms with E-state index in [0.717, 1.165) is 0 Å². The molecule has 0 aliphatic heterocycles. The summed E-state index contributed by atoms with van der Waals surface area (Å²) in [7, 11) is -11.2. The van der Waals surface area contributed by atoms with Crippen LogP contribution in [0.25, 0.3) is 0 Å². The lowest BCUT2D eigenvalue weighted by atomic mass is 10.3. The molecule has 0 fully saturated rings. The molecule has 0 spiro atoms. The monoisotopic (exact) mass is 368 g/mol. The van der Waals surface area contributed by atoms with Crippen molar-refractivity contribution in [1.82, 2.24) is 9.44 Å². The van der Waals surface area contributed by atoms with Gasteiger partial charge in [0, 0.05) is 6.04 Å². The van der Waals surface area contributed by atoms with Crippen molar-refractivity contribution in [2.24, 2.45) is 0 Å². The molecule has 0 saturated heterocycles. The number of rotatable bonds is 4. The predicted octanol–water partition coefficient (Wildman–Crippen LogP) is 1.28. The van der Waals surface area contributed by atoms with Crippen LogP contribution in [0.2, 0.25) is 0 Å². The Morgan fingerprint density at radius 1 is 0.905 bits per heavy atom. The van der Waals surface area contributed by atoms with Crippen molar-refractivity contribution < 1.29 is 43.2 Å². The van der Waals surface area contributed by atoms with Crippen LogP contribution in [0, 0.1) is 0 Å². The smallest absolute Gasteiger partial charge is 0.317 e. The standard InChI is InChI=1S/C5H13N.C2HF6NO4S2/c1-4-5(2)6-3;3-1(4,5)14(10,11)9-15(12,13)2(6,7)8/h5-6H,4H2,1-3H3;9H. The van der Waals surface area contributed by atoms with Gasteiger partial charge in [-0.3, -0.25) is 0 Å². The van der Waals surface area contributed by atoms with E-state index < -0.39 is 35.2 Å². The SMILES string of the molecule is CCC(C)NC.O=S(=O)(NS(=O)(=O)C(F)(F)F)C(F)(F)F. The maximum atomic E-state index is 11.5. The molecule has 0 aromatic rings. The van der Waals surface area contributed by atoms with Crippen molar-refractivity contribution in [2.45, 2.75) is 37.3 Å². The van der Waals surface area contributed by atoms with Crippen molar-refractivity contribution in [2.75, 3.05) is 7.05 Å². The molecule has 0 radical (unpaired) electrons. The molecule has 0 aromatic carbocycles. The van der Waals surface area contributed by atoms with Gasteiger partial charge in [-0.15, -0.1) is 0 Å². The quantitative estimate of drug-likeness (QED) is 0.730. The summed E-state index contributed by atoms with van der Waals surface area (Å²) in [5.74, 6) is 0. The normalized spacial score (nSPS) is 15.1. The maximum absolute atomic E-state index is 11.5.